The van der Waals surface area contributed by atoms with E-state index in [1.54, 1.807) is 18.2 Å². The van der Waals surface area contributed by atoms with Crippen molar-refractivity contribution in [2.24, 2.45) is 5.92 Å². The molecule has 1 heterocycles. The summed E-state index contributed by atoms with van der Waals surface area (Å²) in [5.41, 5.74) is -0.160. The third-order valence-corrected chi connectivity index (χ3v) is 5.31. The van der Waals surface area contributed by atoms with Crippen molar-refractivity contribution in [3.8, 4) is 5.75 Å². The van der Waals surface area contributed by atoms with Crippen LogP contribution in [0.5, 0.6) is 5.75 Å². The van der Waals surface area contributed by atoms with E-state index in [2.05, 4.69) is 0 Å². The normalized spacial score (nSPS) is 16.7. The molecule has 0 N–H and O–H groups in total. The number of hydrogen-bond acceptors (Lipinski definition) is 5. The number of rotatable bonds is 4. The van der Waals surface area contributed by atoms with Crippen molar-refractivity contribution in [1.29, 1.82) is 0 Å². The van der Waals surface area contributed by atoms with E-state index in [0.717, 1.165) is 31.1 Å². The Bertz CT molecular complexity index is 816. The van der Waals surface area contributed by atoms with Crippen molar-refractivity contribution < 1.29 is 17.0 Å². The largest absolute Gasteiger partial charge is 0.423 e. The molecule has 1 aromatic carbocycles. The molecule has 22 heavy (non-hydrogen) atoms. The predicted octanol–water partition coefficient (Wildman–Crippen LogP) is 3.08. The lowest BCUT2D eigenvalue weighted by molar-refractivity contribution is 0.375. The number of hydrogen-bond donors (Lipinski definition) is 0. The van der Waals surface area contributed by atoms with Crippen molar-refractivity contribution in [3.05, 3.63) is 40.8 Å². The van der Waals surface area contributed by atoms with E-state index < -0.39 is 15.7 Å². The molecule has 1 aliphatic carbocycles. The van der Waals surface area contributed by atoms with Gasteiger partial charge >= 0.3 is 15.7 Å². The van der Waals surface area contributed by atoms with Gasteiger partial charge < -0.3 is 8.60 Å². The average Bonchev–Trinajstić information content (AvgIpc) is 2.46. The Hall–Kier alpha value is -1.82. The van der Waals surface area contributed by atoms with Crippen LogP contribution in [-0.4, -0.2) is 14.2 Å². The zero-order valence-corrected chi connectivity index (χ0v) is 13.0. The highest BCUT2D eigenvalue weighted by Gasteiger charge is 2.23. The van der Waals surface area contributed by atoms with E-state index in [9.17, 15) is 13.2 Å². The van der Waals surface area contributed by atoms with Crippen LogP contribution < -0.4 is 9.81 Å². The van der Waals surface area contributed by atoms with Gasteiger partial charge in [0.15, 0.2) is 0 Å². The maximum atomic E-state index is 12.2. The maximum Gasteiger partial charge on any atom is 0.336 e. The molecule has 0 atom stereocenters. The van der Waals surface area contributed by atoms with Crippen molar-refractivity contribution in [1.82, 2.24) is 0 Å². The van der Waals surface area contributed by atoms with E-state index in [0.29, 0.717) is 5.58 Å². The highest BCUT2D eigenvalue weighted by Crippen LogP contribution is 2.26. The van der Waals surface area contributed by atoms with Gasteiger partial charge in [-0.05, 0) is 37.0 Å². The van der Waals surface area contributed by atoms with Gasteiger partial charge in [0.1, 0.15) is 11.3 Å². The number of benzene rings is 1. The second-order valence-corrected chi connectivity index (χ2v) is 7.38. The Morgan fingerprint density at radius 3 is 2.59 bits per heavy atom. The van der Waals surface area contributed by atoms with Gasteiger partial charge in [-0.2, -0.15) is 8.42 Å². The maximum absolute atomic E-state index is 12.2. The van der Waals surface area contributed by atoms with E-state index in [1.807, 2.05) is 0 Å². The first-order valence-corrected chi connectivity index (χ1v) is 9.06. The van der Waals surface area contributed by atoms with Gasteiger partial charge in [-0.3, -0.25) is 0 Å². The minimum absolute atomic E-state index is 0.0454. The standard InChI is InChI=1S/C16H18O5S/c17-16-9-7-13-6-8-14(10-15(13)20-16)21-22(18,19)11-12-4-2-1-3-5-12/h6-10,12H,1-5,11H2. The molecular weight excluding hydrogens is 304 g/mol. The fourth-order valence-corrected chi connectivity index (χ4v) is 4.29. The first-order valence-electron chi connectivity index (χ1n) is 7.48. The summed E-state index contributed by atoms with van der Waals surface area (Å²) in [5, 5.41) is 0.719. The Labute approximate surface area is 129 Å². The molecule has 3 rings (SSSR count). The molecule has 0 amide bonds. The van der Waals surface area contributed by atoms with Gasteiger partial charge in [0.25, 0.3) is 0 Å². The molecule has 1 aromatic heterocycles. The first-order chi connectivity index (χ1) is 10.5. The third kappa shape index (κ3) is 3.68. The summed E-state index contributed by atoms with van der Waals surface area (Å²) < 4.78 is 34.5. The summed E-state index contributed by atoms with van der Waals surface area (Å²) in [6.45, 7) is 0. The van der Waals surface area contributed by atoms with Gasteiger partial charge in [-0.15, -0.1) is 0 Å². The van der Waals surface area contributed by atoms with Crippen LogP contribution in [0.25, 0.3) is 11.0 Å². The van der Waals surface area contributed by atoms with Crippen LogP contribution in [-0.2, 0) is 10.1 Å². The Morgan fingerprint density at radius 2 is 1.82 bits per heavy atom. The summed E-state index contributed by atoms with van der Waals surface area (Å²) in [4.78, 5) is 11.2. The van der Waals surface area contributed by atoms with Crippen molar-refractivity contribution >= 4 is 21.1 Å². The summed E-state index contributed by atoms with van der Waals surface area (Å²) >= 11 is 0. The molecule has 5 nitrogen and oxygen atoms in total. The fraction of sp³-hybridized carbons (Fsp3) is 0.438. The lowest BCUT2D eigenvalue weighted by Gasteiger charge is -2.21. The van der Waals surface area contributed by atoms with Crippen molar-refractivity contribution in [3.63, 3.8) is 0 Å². The molecule has 0 saturated heterocycles. The second kappa shape index (κ2) is 6.12. The molecule has 6 heteroatoms. The molecule has 118 valence electrons. The van der Waals surface area contributed by atoms with Crippen LogP contribution >= 0.6 is 0 Å². The van der Waals surface area contributed by atoms with Gasteiger partial charge in [0, 0.05) is 17.5 Å². The smallest absolute Gasteiger partial charge is 0.336 e. The van der Waals surface area contributed by atoms with E-state index >= 15 is 0 Å². The van der Waals surface area contributed by atoms with Crippen molar-refractivity contribution in [2.75, 3.05) is 5.75 Å². The Kier molecular flexibility index (Phi) is 4.20. The molecule has 1 fully saturated rings. The molecule has 1 aliphatic rings. The topological polar surface area (TPSA) is 73.6 Å². The SMILES string of the molecule is O=c1ccc2ccc(OS(=O)(=O)CC3CCCCC3)cc2o1. The summed E-state index contributed by atoms with van der Waals surface area (Å²) in [6.07, 6.45) is 5.23. The minimum Gasteiger partial charge on any atom is -0.423 e. The zero-order valence-electron chi connectivity index (χ0n) is 12.2. The molecule has 0 radical (unpaired) electrons. The molecule has 2 aromatic rings. The van der Waals surface area contributed by atoms with Crippen LogP contribution in [0.4, 0.5) is 0 Å². The molecular formula is C16H18O5S. The lowest BCUT2D eigenvalue weighted by atomic mass is 9.91. The van der Waals surface area contributed by atoms with Gasteiger partial charge in [0.2, 0.25) is 0 Å². The van der Waals surface area contributed by atoms with E-state index in [4.69, 9.17) is 8.60 Å². The number of fused-ring (bicyclic) bond motifs is 1. The lowest BCUT2D eigenvalue weighted by Crippen LogP contribution is -2.22. The van der Waals surface area contributed by atoms with Crippen LogP contribution in [0.1, 0.15) is 32.1 Å². The molecule has 0 bridgehead atoms. The van der Waals surface area contributed by atoms with Crippen LogP contribution in [0, 0.1) is 5.92 Å². The van der Waals surface area contributed by atoms with Crippen LogP contribution in [0.15, 0.2) is 39.5 Å². The quantitative estimate of drug-likeness (QED) is 0.639. The zero-order chi connectivity index (χ0) is 15.6. The van der Waals surface area contributed by atoms with E-state index in [-0.39, 0.29) is 17.4 Å². The molecule has 0 unspecified atom stereocenters. The predicted molar refractivity (Wildman–Crippen MR) is 83.5 cm³/mol. The monoisotopic (exact) mass is 322 g/mol. The summed E-state index contributed by atoms with van der Waals surface area (Å²) in [6, 6.07) is 7.63. The summed E-state index contributed by atoms with van der Waals surface area (Å²) in [7, 11) is -3.63. The van der Waals surface area contributed by atoms with Gasteiger partial charge in [0.05, 0.1) is 5.75 Å². The highest BCUT2D eigenvalue weighted by molar-refractivity contribution is 7.87. The average molecular weight is 322 g/mol. The molecule has 0 spiro atoms. The molecule has 1 saturated carbocycles. The Morgan fingerprint density at radius 1 is 1.09 bits per heavy atom. The minimum atomic E-state index is -3.63. The van der Waals surface area contributed by atoms with Gasteiger partial charge in [-0.25, -0.2) is 4.79 Å². The molecule has 0 aliphatic heterocycles. The first kappa shape index (κ1) is 15.1. The van der Waals surface area contributed by atoms with Gasteiger partial charge in [-0.1, -0.05) is 19.3 Å². The Balaban J connectivity index is 1.77. The van der Waals surface area contributed by atoms with Crippen LogP contribution in [0.2, 0.25) is 0 Å². The highest BCUT2D eigenvalue weighted by atomic mass is 32.2. The fourth-order valence-electron chi connectivity index (χ4n) is 2.92. The van der Waals surface area contributed by atoms with Crippen molar-refractivity contribution in [2.45, 2.75) is 32.1 Å². The second-order valence-electron chi connectivity index (χ2n) is 5.77. The van der Waals surface area contributed by atoms with E-state index in [1.165, 1.54) is 18.6 Å². The van der Waals surface area contributed by atoms with Crippen LogP contribution in [0.3, 0.4) is 0 Å². The summed E-state index contributed by atoms with van der Waals surface area (Å²) in [5.74, 6) is 0.402. The third-order valence-electron chi connectivity index (χ3n) is 3.98.